The molecule has 0 saturated heterocycles. The van der Waals surface area contributed by atoms with Crippen LogP contribution in [0.4, 0.5) is 5.69 Å². The smallest absolute Gasteiger partial charge is 0.229 e. The molecule has 2 aliphatic carbocycles. The van der Waals surface area contributed by atoms with Crippen molar-refractivity contribution in [1.82, 2.24) is 0 Å². The molecule has 0 radical (unpaired) electrons. The highest BCUT2D eigenvalue weighted by molar-refractivity contribution is 5.93. The highest BCUT2D eigenvalue weighted by Gasteiger charge is 2.49. The third-order valence-corrected chi connectivity index (χ3v) is 5.46. The Hall–Kier alpha value is -1.55. The van der Waals surface area contributed by atoms with E-state index >= 15 is 0 Å². The van der Waals surface area contributed by atoms with Crippen molar-refractivity contribution in [2.24, 2.45) is 23.5 Å². The Morgan fingerprint density at radius 3 is 2.95 bits per heavy atom. The molecule has 4 atom stereocenters. The maximum atomic E-state index is 12.6. The van der Waals surface area contributed by atoms with Crippen LogP contribution < -0.4 is 15.8 Å². The Morgan fingerprint density at radius 2 is 2.14 bits per heavy atom. The van der Waals surface area contributed by atoms with Gasteiger partial charge in [0.05, 0.1) is 12.5 Å². The molecular weight excluding hydrogens is 264 g/mol. The monoisotopic (exact) mass is 286 g/mol. The Balaban J connectivity index is 1.49. The molecule has 4 rings (SSSR count). The third kappa shape index (κ3) is 2.22. The zero-order valence-corrected chi connectivity index (χ0v) is 12.2. The first-order valence-corrected chi connectivity index (χ1v) is 8.04. The molecule has 1 aromatic rings. The van der Waals surface area contributed by atoms with E-state index in [9.17, 15) is 4.79 Å². The lowest BCUT2D eigenvalue weighted by molar-refractivity contribution is -0.121. The molecule has 4 nitrogen and oxygen atoms in total. The molecule has 1 amide bonds. The number of carbonyl (C=O) groups is 1. The second-order valence-electron chi connectivity index (χ2n) is 6.70. The fourth-order valence-electron chi connectivity index (χ4n) is 4.39. The van der Waals surface area contributed by atoms with E-state index in [1.807, 2.05) is 18.2 Å². The molecule has 1 aliphatic heterocycles. The minimum atomic E-state index is -0.00367. The van der Waals surface area contributed by atoms with E-state index < -0.39 is 0 Å². The summed E-state index contributed by atoms with van der Waals surface area (Å²) >= 11 is 0. The van der Waals surface area contributed by atoms with Crippen molar-refractivity contribution in [1.29, 1.82) is 0 Å². The zero-order chi connectivity index (χ0) is 14.4. The lowest BCUT2D eigenvalue weighted by Gasteiger charge is -2.27. The maximum absolute atomic E-state index is 12.6. The molecule has 2 bridgehead atoms. The average molecular weight is 286 g/mol. The largest absolute Gasteiger partial charge is 0.493 e. The number of carbonyl (C=O) groups excluding carboxylic acids is 1. The van der Waals surface area contributed by atoms with Crippen molar-refractivity contribution < 1.29 is 9.53 Å². The second-order valence-corrected chi connectivity index (χ2v) is 6.70. The van der Waals surface area contributed by atoms with Gasteiger partial charge >= 0.3 is 0 Å². The normalized spacial score (nSPS) is 33.4. The van der Waals surface area contributed by atoms with Crippen molar-refractivity contribution in [3.8, 4) is 5.75 Å². The van der Waals surface area contributed by atoms with Gasteiger partial charge in [0.1, 0.15) is 5.75 Å². The molecular formula is C17H22N2O2. The van der Waals surface area contributed by atoms with Crippen molar-refractivity contribution in [3.05, 3.63) is 23.8 Å². The highest BCUT2D eigenvalue weighted by Crippen LogP contribution is 2.48. The molecule has 0 spiro atoms. The number of hydrogen-bond acceptors (Lipinski definition) is 3. The molecule has 112 valence electrons. The van der Waals surface area contributed by atoms with Crippen molar-refractivity contribution in [3.63, 3.8) is 0 Å². The molecule has 21 heavy (non-hydrogen) atoms. The van der Waals surface area contributed by atoms with Gasteiger partial charge in [-0.3, -0.25) is 4.79 Å². The Labute approximate surface area is 125 Å². The number of aryl methyl sites for hydroxylation is 1. The van der Waals surface area contributed by atoms with Gasteiger partial charge in [-0.2, -0.15) is 0 Å². The molecule has 2 saturated carbocycles. The highest BCUT2D eigenvalue weighted by atomic mass is 16.5. The number of rotatable bonds is 2. The minimum Gasteiger partial charge on any atom is -0.493 e. The lowest BCUT2D eigenvalue weighted by atomic mass is 9.84. The average Bonchev–Trinajstić information content (AvgIpc) is 3.08. The van der Waals surface area contributed by atoms with Crippen LogP contribution >= 0.6 is 0 Å². The van der Waals surface area contributed by atoms with E-state index in [1.54, 1.807) is 0 Å². The fraction of sp³-hybridized carbons (Fsp3) is 0.588. The summed E-state index contributed by atoms with van der Waals surface area (Å²) in [6, 6.07) is 5.99. The summed E-state index contributed by atoms with van der Waals surface area (Å²) in [5.74, 6) is 2.10. The fourth-order valence-corrected chi connectivity index (χ4v) is 4.39. The van der Waals surface area contributed by atoms with Crippen molar-refractivity contribution >= 4 is 11.6 Å². The van der Waals surface area contributed by atoms with Gasteiger partial charge in [-0.25, -0.2) is 0 Å². The predicted octanol–water partition coefficient (Wildman–Crippen LogP) is 2.32. The number of amides is 1. The number of hydrogen-bond donors (Lipinski definition) is 2. The van der Waals surface area contributed by atoms with E-state index in [1.165, 1.54) is 12.0 Å². The Morgan fingerprint density at radius 1 is 1.29 bits per heavy atom. The lowest BCUT2D eigenvalue weighted by Crippen LogP contribution is -2.42. The summed E-state index contributed by atoms with van der Waals surface area (Å²) in [7, 11) is 0. The van der Waals surface area contributed by atoms with Crippen LogP contribution in [0.1, 0.15) is 31.2 Å². The van der Waals surface area contributed by atoms with Crippen LogP contribution in [0.25, 0.3) is 0 Å². The minimum absolute atomic E-state index is 0.00367. The first-order valence-electron chi connectivity index (χ1n) is 8.04. The summed E-state index contributed by atoms with van der Waals surface area (Å²) in [4.78, 5) is 12.6. The SMILES string of the molecule is NC1C2CCC(C2)C1C(=O)Nc1ccc2c(c1)CCCO2. The Kier molecular flexibility index (Phi) is 3.14. The quantitative estimate of drug-likeness (QED) is 0.877. The van der Waals surface area contributed by atoms with Gasteiger partial charge < -0.3 is 15.8 Å². The van der Waals surface area contributed by atoms with Gasteiger partial charge in [-0.1, -0.05) is 0 Å². The van der Waals surface area contributed by atoms with E-state index in [2.05, 4.69) is 5.32 Å². The van der Waals surface area contributed by atoms with Crippen LogP contribution in [-0.2, 0) is 11.2 Å². The van der Waals surface area contributed by atoms with Crippen molar-refractivity contribution in [2.75, 3.05) is 11.9 Å². The van der Waals surface area contributed by atoms with Crippen LogP contribution in [0.2, 0.25) is 0 Å². The van der Waals surface area contributed by atoms with E-state index in [0.29, 0.717) is 11.8 Å². The summed E-state index contributed by atoms with van der Waals surface area (Å²) < 4.78 is 5.61. The molecule has 3 N–H and O–H groups in total. The third-order valence-electron chi connectivity index (χ3n) is 5.46. The zero-order valence-electron chi connectivity index (χ0n) is 12.2. The van der Waals surface area contributed by atoms with Gasteiger partial charge in [0, 0.05) is 11.7 Å². The van der Waals surface area contributed by atoms with Crippen molar-refractivity contribution in [2.45, 2.75) is 38.1 Å². The van der Waals surface area contributed by atoms with E-state index in [4.69, 9.17) is 10.5 Å². The number of fused-ring (bicyclic) bond motifs is 3. The number of anilines is 1. The summed E-state index contributed by atoms with van der Waals surface area (Å²) in [6.45, 7) is 0.790. The second kappa shape index (κ2) is 5.02. The topological polar surface area (TPSA) is 64.4 Å². The summed E-state index contributed by atoms with van der Waals surface area (Å²) in [5.41, 5.74) is 8.31. The predicted molar refractivity (Wildman–Crippen MR) is 81.2 cm³/mol. The van der Waals surface area contributed by atoms with Crippen LogP contribution in [0.3, 0.4) is 0 Å². The van der Waals surface area contributed by atoms with E-state index in [0.717, 1.165) is 43.7 Å². The van der Waals surface area contributed by atoms with Crippen LogP contribution in [0.5, 0.6) is 5.75 Å². The summed E-state index contributed by atoms with van der Waals surface area (Å²) in [5, 5.41) is 3.07. The molecule has 2 fully saturated rings. The number of ether oxygens (including phenoxy) is 1. The number of nitrogens with two attached hydrogens (primary N) is 1. The molecule has 1 heterocycles. The first kappa shape index (κ1) is 13.1. The Bertz CT molecular complexity index is 570. The molecule has 4 unspecified atom stereocenters. The summed E-state index contributed by atoms with van der Waals surface area (Å²) in [6.07, 6.45) is 5.56. The molecule has 3 aliphatic rings. The maximum Gasteiger partial charge on any atom is 0.229 e. The van der Waals surface area contributed by atoms with Crippen LogP contribution in [-0.4, -0.2) is 18.6 Å². The van der Waals surface area contributed by atoms with Gasteiger partial charge in [-0.05, 0) is 67.7 Å². The first-order chi connectivity index (χ1) is 10.2. The number of nitrogens with one attached hydrogen (secondary N) is 1. The molecule has 0 aromatic heterocycles. The standard InChI is InChI=1S/C17H22N2O2/c18-16-12-4-3-11(8-12)15(16)17(20)19-13-5-6-14-10(9-13)2-1-7-21-14/h5-6,9,11-12,15-16H,1-4,7-8,18H2,(H,19,20). The number of benzene rings is 1. The van der Waals surface area contributed by atoms with Gasteiger partial charge in [0.15, 0.2) is 0 Å². The van der Waals surface area contributed by atoms with Gasteiger partial charge in [-0.15, -0.1) is 0 Å². The van der Waals surface area contributed by atoms with Gasteiger partial charge in [0.2, 0.25) is 5.91 Å². The van der Waals surface area contributed by atoms with Crippen LogP contribution in [0, 0.1) is 17.8 Å². The van der Waals surface area contributed by atoms with Gasteiger partial charge in [0.25, 0.3) is 0 Å². The molecule has 1 aromatic carbocycles. The van der Waals surface area contributed by atoms with Crippen LogP contribution in [0.15, 0.2) is 18.2 Å². The van der Waals surface area contributed by atoms with E-state index in [-0.39, 0.29) is 17.9 Å². The molecule has 4 heteroatoms.